The molecule has 0 aliphatic rings. The van der Waals surface area contributed by atoms with Crippen molar-refractivity contribution in [3.05, 3.63) is 35.9 Å². The van der Waals surface area contributed by atoms with Crippen LogP contribution in [0.2, 0.25) is 0 Å². The third kappa shape index (κ3) is 12.1. The Kier molecular flexibility index (Phi) is 13.8. The SMILES string of the molecule is NC(N)=NCCCC(NC(=O)C(CO)NC(=O)C(N)Cc1ccccc1)C(=O)NC(CCC(=O)O)C(=O)O. The second-order valence-electron chi connectivity index (χ2n) is 8.38. The minimum Gasteiger partial charge on any atom is -0.481 e. The van der Waals surface area contributed by atoms with Crippen LogP contribution in [0.15, 0.2) is 35.3 Å². The molecule has 0 fully saturated rings. The number of hydrogen-bond acceptors (Lipinski definition) is 8. The maximum Gasteiger partial charge on any atom is 0.326 e. The maximum atomic E-state index is 12.8. The van der Waals surface area contributed by atoms with Gasteiger partial charge in [0.25, 0.3) is 0 Å². The van der Waals surface area contributed by atoms with Gasteiger partial charge in [-0.05, 0) is 31.2 Å². The highest BCUT2D eigenvalue weighted by Crippen LogP contribution is 2.05. The number of aliphatic hydroxyl groups excluding tert-OH is 1. The van der Waals surface area contributed by atoms with E-state index < -0.39 is 66.9 Å². The molecule has 0 aromatic heterocycles. The summed E-state index contributed by atoms with van der Waals surface area (Å²) in [6.07, 6.45) is -0.573. The van der Waals surface area contributed by atoms with Gasteiger partial charge >= 0.3 is 11.9 Å². The van der Waals surface area contributed by atoms with Crippen molar-refractivity contribution >= 4 is 35.6 Å². The second kappa shape index (κ2) is 16.5. The number of carbonyl (C=O) groups is 5. The Morgan fingerprint density at radius 3 is 1.97 bits per heavy atom. The smallest absolute Gasteiger partial charge is 0.326 e. The van der Waals surface area contributed by atoms with Crippen molar-refractivity contribution in [2.24, 2.45) is 22.2 Å². The molecule has 0 bridgehead atoms. The van der Waals surface area contributed by atoms with E-state index in [1.165, 1.54) is 0 Å². The number of rotatable bonds is 17. The standard InChI is InChI=1S/C23H35N7O8/c24-14(11-13-5-2-1-3-6-13)19(34)30-17(12-31)21(36)28-15(7-4-10-27-23(25)26)20(35)29-16(22(37)38)8-9-18(32)33/h1-3,5-6,14-17,31H,4,7-12,24H2,(H,28,36)(H,29,35)(H,30,34)(H,32,33)(H,37,38)(H4,25,26,27). The molecule has 0 aliphatic heterocycles. The van der Waals surface area contributed by atoms with Crippen LogP contribution in [-0.2, 0) is 30.4 Å². The Morgan fingerprint density at radius 2 is 1.42 bits per heavy atom. The van der Waals surface area contributed by atoms with Gasteiger partial charge < -0.3 is 48.5 Å². The first-order chi connectivity index (χ1) is 17.9. The molecule has 0 saturated heterocycles. The highest BCUT2D eigenvalue weighted by atomic mass is 16.4. The number of aliphatic carboxylic acids is 2. The Bertz CT molecular complexity index is 985. The molecule has 210 valence electrons. The van der Waals surface area contributed by atoms with Gasteiger partial charge in [-0.25, -0.2) is 4.79 Å². The van der Waals surface area contributed by atoms with E-state index in [2.05, 4.69) is 20.9 Å². The number of nitrogens with one attached hydrogen (secondary N) is 3. The monoisotopic (exact) mass is 537 g/mol. The molecule has 15 nitrogen and oxygen atoms in total. The molecule has 0 heterocycles. The van der Waals surface area contributed by atoms with E-state index in [1.54, 1.807) is 30.3 Å². The zero-order valence-corrected chi connectivity index (χ0v) is 20.7. The number of carboxylic acids is 2. The van der Waals surface area contributed by atoms with Crippen LogP contribution in [0.1, 0.15) is 31.2 Å². The summed E-state index contributed by atoms with van der Waals surface area (Å²) in [6.45, 7) is -0.716. The lowest BCUT2D eigenvalue weighted by atomic mass is 10.1. The molecule has 0 saturated carbocycles. The van der Waals surface area contributed by atoms with Gasteiger partial charge in [0.05, 0.1) is 12.6 Å². The fraction of sp³-hybridized carbons (Fsp3) is 0.478. The van der Waals surface area contributed by atoms with Crippen LogP contribution in [-0.4, -0.2) is 88.3 Å². The molecular weight excluding hydrogens is 502 g/mol. The van der Waals surface area contributed by atoms with Crippen molar-refractivity contribution in [1.82, 2.24) is 16.0 Å². The number of benzene rings is 1. The first kappa shape index (κ1) is 31.8. The van der Waals surface area contributed by atoms with Crippen molar-refractivity contribution < 1.29 is 39.3 Å². The Balaban J connectivity index is 2.90. The average molecular weight is 538 g/mol. The van der Waals surface area contributed by atoms with Crippen molar-refractivity contribution in [3.8, 4) is 0 Å². The third-order valence-electron chi connectivity index (χ3n) is 5.29. The Hall–Kier alpha value is -4.24. The summed E-state index contributed by atoms with van der Waals surface area (Å²) in [4.78, 5) is 64.2. The topological polar surface area (TPSA) is 273 Å². The van der Waals surface area contributed by atoms with E-state index in [0.717, 1.165) is 5.56 Å². The summed E-state index contributed by atoms with van der Waals surface area (Å²) in [6, 6.07) is 3.58. The summed E-state index contributed by atoms with van der Waals surface area (Å²) >= 11 is 0. The first-order valence-corrected chi connectivity index (χ1v) is 11.8. The van der Waals surface area contributed by atoms with Crippen molar-refractivity contribution in [2.75, 3.05) is 13.2 Å². The van der Waals surface area contributed by atoms with Crippen LogP contribution in [0.3, 0.4) is 0 Å². The van der Waals surface area contributed by atoms with Crippen LogP contribution in [0, 0.1) is 0 Å². The van der Waals surface area contributed by atoms with E-state index >= 15 is 0 Å². The van der Waals surface area contributed by atoms with Crippen LogP contribution in [0.4, 0.5) is 0 Å². The van der Waals surface area contributed by atoms with Gasteiger partial charge in [0.1, 0.15) is 18.1 Å². The number of carboxylic acid groups (broad SMARTS) is 2. The maximum absolute atomic E-state index is 12.8. The van der Waals surface area contributed by atoms with Gasteiger partial charge in [-0.3, -0.25) is 24.2 Å². The minimum absolute atomic E-state index is 0.0424. The summed E-state index contributed by atoms with van der Waals surface area (Å²) in [7, 11) is 0. The summed E-state index contributed by atoms with van der Waals surface area (Å²) < 4.78 is 0. The van der Waals surface area contributed by atoms with Gasteiger partial charge in [-0.15, -0.1) is 0 Å². The number of aliphatic imine (C=N–C) groups is 1. The van der Waals surface area contributed by atoms with Gasteiger partial charge in [0.2, 0.25) is 17.7 Å². The normalized spacial score (nSPS) is 13.7. The first-order valence-electron chi connectivity index (χ1n) is 11.8. The quantitative estimate of drug-likeness (QED) is 0.0548. The predicted octanol–water partition coefficient (Wildman–Crippen LogP) is -2.99. The lowest BCUT2D eigenvalue weighted by Crippen LogP contribution is -2.58. The third-order valence-corrected chi connectivity index (χ3v) is 5.29. The fourth-order valence-corrected chi connectivity index (χ4v) is 3.28. The largest absolute Gasteiger partial charge is 0.481 e. The summed E-state index contributed by atoms with van der Waals surface area (Å²) in [5.41, 5.74) is 17.2. The van der Waals surface area contributed by atoms with Gasteiger partial charge in [-0.2, -0.15) is 0 Å². The van der Waals surface area contributed by atoms with E-state index in [0.29, 0.717) is 0 Å². The second-order valence-corrected chi connectivity index (χ2v) is 8.38. The predicted molar refractivity (Wildman–Crippen MR) is 135 cm³/mol. The number of amides is 3. The van der Waals surface area contributed by atoms with Crippen molar-refractivity contribution in [2.45, 2.75) is 56.3 Å². The molecule has 0 spiro atoms. The van der Waals surface area contributed by atoms with Crippen LogP contribution < -0.4 is 33.2 Å². The van der Waals surface area contributed by atoms with E-state index in [1.807, 2.05) is 0 Å². The summed E-state index contributed by atoms with van der Waals surface area (Å²) in [5, 5.41) is 34.7. The molecule has 4 unspecified atom stereocenters. The fourth-order valence-electron chi connectivity index (χ4n) is 3.28. The van der Waals surface area contributed by atoms with E-state index in [-0.39, 0.29) is 38.2 Å². The number of guanidine groups is 1. The molecular formula is C23H35N7O8. The molecule has 12 N–H and O–H groups in total. The van der Waals surface area contributed by atoms with Gasteiger partial charge in [0, 0.05) is 13.0 Å². The highest BCUT2D eigenvalue weighted by molar-refractivity contribution is 5.94. The average Bonchev–Trinajstić information content (AvgIpc) is 2.86. The molecule has 1 aromatic carbocycles. The van der Waals surface area contributed by atoms with Crippen molar-refractivity contribution in [1.29, 1.82) is 0 Å². The van der Waals surface area contributed by atoms with Gasteiger partial charge in [-0.1, -0.05) is 30.3 Å². The molecule has 1 aromatic rings. The zero-order chi connectivity index (χ0) is 28.7. The number of nitrogens with two attached hydrogens (primary N) is 3. The zero-order valence-electron chi connectivity index (χ0n) is 20.7. The van der Waals surface area contributed by atoms with E-state index in [9.17, 15) is 34.2 Å². The molecule has 38 heavy (non-hydrogen) atoms. The molecule has 3 amide bonds. The van der Waals surface area contributed by atoms with Crippen LogP contribution in [0.5, 0.6) is 0 Å². The van der Waals surface area contributed by atoms with Gasteiger partial charge in [0.15, 0.2) is 5.96 Å². The Morgan fingerprint density at radius 1 is 0.842 bits per heavy atom. The Labute approximate surface area is 218 Å². The minimum atomic E-state index is -1.53. The molecule has 1 rings (SSSR count). The van der Waals surface area contributed by atoms with Crippen LogP contribution in [0.25, 0.3) is 0 Å². The molecule has 15 heteroatoms. The highest BCUT2D eigenvalue weighted by Gasteiger charge is 2.30. The number of carbonyl (C=O) groups excluding carboxylic acids is 3. The lowest BCUT2D eigenvalue weighted by Gasteiger charge is -2.24. The van der Waals surface area contributed by atoms with Crippen molar-refractivity contribution in [3.63, 3.8) is 0 Å². The summed E-state index contributed by atoms with van der Waals surface area (Å²) in [5.74, 6) is -5.45. The molecule has 0 aliphatic carbocycles. The number of hydrogen-bond donors (Lipinski definition) is 9. The lowest BCUT2D eigenvalue weighted by molar-refractivity contribution is -0.143. The van der Waals surface area contributed by atoms with E-state index in [4.69, 9.17) is 22.3 Å². The number of aliphatic hydroxyl groups is 1. The number of nitrogens with zero attached hydrogens (tertiary/aromatic N) is 1. The molecule has 4 atom stereocenters. The molecule has 0 radical (unpaired) electrons. The van der Waals surface area contributed by atoms with Crippen LogP contribution >= 0.6 is 0 Å².